The zero-order chi connectivity index (χ0) is 21.8. The molecule has 1 N–H and O–H groups in total. The normalized spacial score (nSPS) is 38.5. The number of carbonyl (C=O) groups excluding carboxylic acids is 2. The average Bonchev–Trinajstić information content (AvgIpc) is 3.21. The Kier molecular flexibility index (Phi) is 3.89. The third-order valence-electron chi connectivity index (χ3n) is 9.19. The second-order valence-electron chi connectivity index (χ2n) is 11.1. The quantitative estimate of drug-likeness (QED) is 0.745. The molecule has 1 unspecified atom stereocenters. The van der Waals surface area contributed by atoms with Gasteiger partial charge in [0.1, 0.15) is 0 Å². The molecule has 6 atom stereocenters. The molecule has 2 bridgehead atoms. The van der Waals surface area contributed by atoms with Crippen LogP contribution < -0.4 is 10.2 Å². The monoisotopic (exact) mass is 433 g/mol. The van der Waals surface area contributed by atoms with Crippen LogP contribution in [0, 0.1) is 17.8 Å². The Hall–Kier alpha value is -2.18. The molecule has 0 aromatic heterocycles. The third kappa shape index (κ3) is 2.32. The molecule has 3 saturated heterocycles. The highest BCUT2D eigenvalue weighted by Gasteiger charge is 2.71. The Morgan fingerprint density at radius 1 is 1.34 bits per heavy atom. The molecule has 32 heavy (non-hydrogen) atoms. The molecule has 1 saturated carbocycles. The van der Waals surface area contributed by atoms with Gasteiger partial charge in [0.05, 0.1) is 25.2 Å². The van der Waals surface area contributed by atoms with Crippen LogP contribution in [-0.2, 0) is 19.7 Å². The Bertz CT molecular complexity index is 1060. The van der Waals surface area contributed by atoms with E-state index in [2.05, 4.69) is 47.2 Å². The van der Waals surface area contributed by atoms with Crippen molar-refractivity contribution in [2.45, 2.75) is 63.1 Å². The van der Waals surface area contributed by atoms with Crippen LogP contribution in [0.5, 0.6) is 0 Å². The van der Waals surface area contributed by atoms with Crippen LogP contribution >= 0.6 is 0 Å². The van der Waals surface area contributed by atoms with Crippen molar-refractivity contribution in [3.05, 3.63) is 35.4 Å². The second-order valence-corrected chi connectivity index (χ2v) is 11.1. The average molecular weight is 434 g/mol. The van der Waals surface area contributed by atoms with E-state index in [4.69, 9.17) is 4.74 Å². The highest BCUT2D eigenvalue weighted by molar-refractivity contribution is 6.00. The van der Waals surface area contributed by atoms with Gasteiger partial charge in [0.15, 0.2) is 0 Å². The number of nitrogens with one attached hydrogen (secondary N) is 1. The van der Waals surface area contributed by atoms with Crippen molar-refractivity contribution in [3.8, 4) is 0 Å². The molecule has 6 heteroatoms. The van der Waals surface area contributed by atoms with Crippen molar-refractivity contribution >= 4 is 23.2 Å². The van der Waals surface area contributed by atoms with Gasteiger partial charge in [0.25, 0.3) is 0 Å². The predicted octanol–water partition coefficient (Wildman–Crippen LogP) is 3.08. The molecule has 168 valence electrons. The van der Waals surface area contributed by atoms with Gasteiger partial charge in [-0.3, -0.25) is 14.5 Å². The number of rotatable bonds is 3. The van der Waals surface area contributed by atoms with Gasteiger partial charge in [0, 0.05) is 41.7 Å². The molecule has 6 nitrogen and oxygen atoms in total. The molecule has 5 heterocycles. The molecule has 1 spiro atoms. The molecular formula is C26H31N3O3. The standard InChI is InChI=1S/C26H31N3O3/c1-14(2)9-22(30)27-16-3-4-19-18(10-16)26-6-7-28-13-15-5-8-32-20-12-23(31)29(19)25(26)24(20)17(15)11-21(26)28/h3-5,10,14,17,20-21,24-25H,6-9,11-13H2,1-2H3,(H,27,30)/t17-,20-,21-,24-,25-,26?/m0/s1. The van der Waals surface area contributed by atoms with Gasteiger partial charge in [-0.1, -0.05) is 25.5 Å². The van der Waals surface area contributed by atoms with E-state index in [1.165, 1.54) is 11.1 Å². The first-order valence-electron chi connectivity index (χ1n) is 12.3. The zero-order valence-corrected chi connectivity index (χ0v) is 18.8. The minimum atomic E-state index is -0.0527. The van der Waals surface area contributed by atoms with Crippen LogP contribution in [-0.4, -0.2) is 54.6 Å². The number of fused-ring (bicyclic) bond motifs is 2. The fourth-order valence-corrected chi connectivity index (χ4v) is 8.21. The van der Waals surface area contributed by atoms with Gasteiger partial charge >= 0.3 is 0 Å². The van der Waals surface area contributed by atoms with Crippen LogP contribution in [0.25, 0.3) is 0 Å². The summed E-state index contributed by atoms with van der Waals surface area (Å²) >= 11 is 0. The van der Waals surface area contributed by atoms with E-state index < -0.39 is 0 Å². The summed E-state index contributed by atoms with van der Waals surface area (Å²) < 4.78 is 6.31. The molecule has 1 aliphatic carbocycles. The minimum absolute atomic E-state index is 0.0204. The molecular weight excluding hydrogens is 402 g/mol. The summed E-state index contributed by atoms with van der Waals surface area (Å²) in [4.78, 5) is 30.8. The molecule has 0 radical (unpaired) electrons. The van der Waals surface area contributed by atoms with E-state index >= 15 is 0 Å². The van der Waals surface area contributed by atoms with E-state index in [0.717, 1.165) is 37.3 Å². The fraction of sp³-hybridized carbons (Fsp3) is 0.615. The number of carbonyl (C=O) groups is 2. The molecule has 2 amide bonds. The number of piperidine rings is 2. The maximum absolute atomic E-state index is 13.5. The lowest BCUT2D eigenvalue weighted by Gasteiger charge is -2.58. The predicted molar refractivity (Wildman–Crippen MR) is 121 cm³/mol. The molecule has 6 aliphatic rings. The highest BCUT2D eigenvalue weighted by atomic mass is 16.5. The number of hydrogen-bond acceptors (Lipinski definition) is 4. The zero-order valence-electron chi connectivity index (χ0n) is 18.8. The highest BCUT2D eigenvalue weighted by Crippen LogP contribution is 2.65. The first kappa shape index (κ1) is 19.3. The number of nitrogens with zero attached hydrogens (tertiary/aromatic N) is 2. The minimum Gasteiger partial charge on any atom is -0.373 e. The van der Waals surface area contributed by atoms with Crippen molar-refractivity contribution in [1.82, 2.24) is 4.90 Å². The maximum Gasteiger partial charge on any atom is 0.229 e. The summed E-state index contributed by atoms with van der Waals surface area (Å²) in [5.74, 6) is 1.47. The topological polar surface area (TPSA) is 61.9 Å². The van der Waals surface area contributed by atoms with Gasteiger partial charge < -0.3 is 15.0 Å². The van der Waals surface area contributed by atoms with Gasteiger partial charge in [-0.25, -0.2) is 0 Å². The van der Waals surface area contributed by atoms with Crippen LogP contribution in [0.1, 0.15) is 45.1 Å². The van der Waals surface area contributed by atoms with Crippen molar-refractivity contribution in [2.24, 2.45) is 17.8 Å². The van der Waals surface area contributed by atoms with Crippen molar-refractivity contribution < 1.29 is 14.3 Å². The van der Waals surface area contributed by atoms with Crippen LogP contribution in [0.15, 0.2) is 29.8 Å². The van der Waals surface area contributed by atoms with E-state index in [9.17, 15) is 9.59 Å². The summed E-state index contributed by atoms with van der Waals surface area (Å²) in [6.07, 6.45) is 5.57. The molecule has 1 aromatic rings. The van der Waals surface area contributed by atoms with E-state index in [1.807, 2.05) is 6.07 Å². The van der Waals surface area contributed by atoms with Crippen molar-refractivity contribution in [2.75, 3.05) is 29.9 Å². The fourth-order valence-electron chi connectivity index (χ4n) is 8.21. The number of benzene rings is 1. The summed E-state index contributed by atoms with van der Waals surface area (Å²) in [6, 6.07) is 6.90. The van der Waals surface area contributed by atoms with E-state index in [1.54, 1.807) is 0 Å². The Morgan fingerprint density at radius 3 is 3.06 bits per heavy atom. The number of anilines is 2. The van der Waals surface area contributed by atoms with Crippen LogP contribution in [0.2, 0.25) is 0 Å². The lowest BCUT2D eigenvalue weighted by molar-refractivity contribution is -0.132. The lowest BCUT2D eigenvalue weighted by Crippen LogP contribution is -2.69. The Labute approximate surface area is 189 Å². The van der Waals surface area contributed by atoms with E-state index in [0.29, 0.717) is 43.2 Å². The second kappa shape index (κ2) is 6.45. The van der Waals surface area contributed by atoms with Gasteiger partial charge in [-0.05, 0) is 55.0 Å². The van der Waals surface area contributed by atoms with Gasteiger partial charge in [-0.2, -0.15) is 0 Å². The first-order chi connectivity index (χ1) is 15.5. The molecule has 7 rings (SSSR count). The number of amides is 2. The SMILES string of the molecule is CC(C)CC(=O)Nc1ccc2c(c1)C13CCN4CC5=CCO[C@H]6CC(=O)N2[C@H]1[C@H]6[C@H]5C[C@H]43. The Morgan fingerprint density at radius 2 is 2.22 bits per heavy atom. The third-order valence-corrected chi connectivity index (χ3v) is 9.19. The van der Waals surface area contributed by atoms with Crippen molar-refractivity contribution in [1.29, 1.82) is 0 Å². The lowest BCUT2D eigenvalue weighted by atomic mass is 9.53. The Balaban J connectivity index is 1.37. The van der Waals surface area contributed by atoms with Crippen LogP contribution in [0.3, 0.4) is 0 Å². The summed E-state index contributed by atoms with van der Waals surface area (Å²) in [7, 11) is 0. The molecule has 4 fully saturated rings. The largest absolute Gasteiger partial charge is 0.373 e. The summed E-state index contributed by atoms with van der Waals surface area (Å²) in [5, 5.41) is 3.13. The van der Waals surface area contributed by atoms with Gasteiger partial charge in [-0.15, -0.1) is 0 Å². The van der Waals surface area contributed by atoms with E-state index in [-0.39, 0.29) is 29.4 Å². The number of ether oxygens (including phenoxy) is 1. The van der Waals surface area contributed by atoms with Crippen molar-refractivity contribution in [3.63, 3.8) is 0 Å². The first-order valence-corrected chi connectivity index (χ1v) is 12.3. The summed E-state index contributed by atoms with van der Waals surface area (Å²) in [6.45, 7) is 6.89. The molecule has 5 aliphatic heterocycles. The smallest absolute Gasteiger partial charge is 0.229 e. The maximum atomic E-state index is 13.5. The number of hydrogen-bond donors (Lipinski definition) is 1. The van der Waals surface area contributed by atoms with Crippen LogP contribution in [0.4, 0.5) is 11.4 Å². The van der Waals surface area contributed by atoms with Gasteiger partial charge in [0.2, 0.25) is 11.8 Å². The summed E-state index contributed by atoms with van der Waals surface area (Å²) in [5.41, 5.74) is 4.70. The molecule has 1 aromatic carbocycles.